The molecule has 0 bridgehead atoms. The molecule has 0 spiro atoms. The zero-order valence-corrected chi connectivity index (χ0v) is 13.7. The summed E-state index contributed by atoms with van der Waals surface area (Å²) in [6.45, 7) is 1.75. The molecule has 1 aromatic rings. The first kappa shape index (κ1) is 16.6. The van der Waals surface area contributed by atoms with Crippen LogP contribution in [0.4, 0.5) is 4.39 Å². The number of carbonyl (C=O) groups excluding carboxylic acids is 3. The second kappa shape index (κ2) is 5.66. The van der Waals surface area contributed by atoms with Crippen molar-refractivity contribution in [1.29, 1.82) is 0 Å². The van der Waals surface area contributed by atoms with E-state index < -0.39 is 41.1 Å². The van der Waals surface area contributed by atoms with Gasteiger partial charge in [-0.15, -0.1) is 0 Å². The third kappa shape index (κ3) is 2.07. The predicted octanol–water partition coefficient (Wildman–Crippen LogP) is 1.02. The smallest absolute Gasteiger partial charge is 0.326 e. The topological polar surface area (TPSA) is 75.7 Å². The second-order valence-electron chi connectivity index (χ2n) is 6.23. The Hall–Kier alpha value is -2.28. The molecular formula is C17H19FN2O4. The van der Waals surface area contributed by atoms with Crippen molar-refractivity contribution in [2.24, 2.45) is 11.8 Å². The van der Waals surface area contributed by atoms with Gasteiger partial charge in [-0.3, -0.25) is 24.6 Å². The molecule has 2 fully saturated rings. The van der Waals surface area contributed by atoms with Crippen LogP contribution >= 0.6 is 0 Å². The summed E-state index contributed by atoms with van der Waals surface area (Å²) in [6, 6.07) is 5.20. The predicted molar refractivity (Wildman–Crippen MR) is 82.1 cm³/mol. The van der Waals surface area contributed by atoms with Gasteiger partial charge >= 0.3 is 5.97 Å². The number of imide groups is 1. The highest BCUT2D eigenvalue weighted by atomic mass is 19.1. The molecule has 24 heavy (non-hydrogen) atoms. The number of amides is 2. The molecule has 0 aromatic heterocycles. The van der Waals surface area contributed by atoms with Crippen molar-refractivity contribution in [2.75, 3.05) is 14.2 Å². The second-order valence-corrected chi connectivity index (χ2v) is 6.23. The summed E-state index contributed by atoms with van der Waals surface area (Å²) in [5.74, 6) is -3.43. The third-order valence-electron chi connectivity index (χ3n) is 5.19. The fourth-order valence-corrected chi connectivity index (χ4v) is 3.97. The largest absolute Gasteiger partial charge is 0.468 e. The van der Waals surface area contributed by atoms with Crippen molar-refractivity contribution in [3.05, 3.63) is 35.6 Å². The van der Waals surface area contributed by atoms with Crippen LogP contribution in [0, 0.1) is 17.7 Å². The van der Waals surface area contributed by atoms with E-state index in [9.17, 15) is 18.8 Å². The number of likely N-dealkylation sites (tertiary alicyclic amines) is 1. The highest BCUT2D eigenvalue weighted by molar-refractivity contribution is 6.09. The number of fused-ring (bicyclic) bond motifs is 1. The lowest BCUT2D eigenvalue weighted by atomic mass is 9.78. The SMILES string of the molecule is CC[C@@]1(C(=O)OC)N[C@@H](c2cccc(F)c2)[C@H]2C(=O)N(C)C(=O)[C@H]21. The van der Waals surface area contributed by atoms with Crippen LogP contribution in [0.15, 0.2) is 24.3 Å². The third-order valence-corrected chi connectivity index (χ3v) is 5.19. The Morgan fingerprint density at radius 3 is 2.67 bits per heavy atom. The molecule has 0 radical (unpaired) electrons. The van der Waals surface area contributed by atoms with Crippen LogP contribution in [0.25, 0.3) is 0 Å². The summed E-state index contributed by atoms with van der Waals surface area (Å²) in [4.78, 5) is 38.7. The van der Waals surface area contributed by atoms with Crippen LogP contribution in [0.2, 0.25) is 0 Å². The lowest BCUT2D eigenvalue weighted by molar-refractivity contribution is -0.154. The number of nitrogens with one attached hydrogen (secondary N) is 1. The molecule has 3 rings (SSSR count). The van der Waals surface area contributed by atoms with Crippen molar-refractivity contribution >= 4 is 17.8 Å². The van der Waals surface area contributed by atoms with Crippen molar-refractivity contribution in [3.8, 4) is 0 Å². The van der Waals surface area contributed by atoms with E-state index in [0.717, 1.165) is 4.90 Å². The van der Waals surface area contributed by atoms with Crippen molar-refractivity contribution in [1.82, 2.24) is 10.2 Å². The van der Waals surface area contributed by atoms with Crippen LogP contribution in [-0.2, 0) is 19.1 Å². The molecule has 128 valence electrons. The van der Waals surface area contributed by atoms with Gasteiger partial charge in [-0.25, -0.2) is 4.39 Å². The maximum atomic E-state index is 13.6. The molecule has 0 unspecified atom stereocenters. The monoisotopic (exact) mass is 334 g/mol. The van der Waals surface area contributed by atoms with Crippen LogP contribution in [-0.4, -0.2) is 42.4 Å². The Balaban J connectivity index is 2.14. The lowest BCUT2D eigenvalue weighted by Gasteiger charge is -2.30. The number of halogens is 1. The lowest BCUT2D eigenvalue weighted by Crippen LogP contribution is -2.55. The van der Waals surface area contributed by atoms with Gasteiger partial charge < -0.3 is 4.74 Å². The van der Waals surface area contributed by atoms with E-state index in [-0.39, 0.29) is 12.3 Å². The molecule has 0 saturated carbocycles. The van der Waals surface area contributed by atoms with E-state index in [1.54, 1.807) is 13.0 Å². The standard InChI is InChI=1S/C17H19FN2O4/c1-4-17(16(23)24-3)12-11(14(21)20(2)15(12)22)13(19-17)9-6-5-7-10(18)8-9/h5-8,11-13,19H,4H2,1-3H3/t11-,12-,13-,17+/m0/s1. The maximum absolute atomic E-state index is 13.6. The van der Waals surface area contributed by atoms with Crippen LogP contribution in [0.3, 0.4) is 0 Å². The molecule has 1 N–H and O–H groups in total. The van der Waals surface area contributed by atoms with Crippen molar-refractivity contribution in [3.63, 3.8) is 0 Å². The molecule has 2 saturated heterocycles. The average Bonchev–Trinajstić information content (AvgIpc) is 3.05. The zero-order chi connectivity index (χ0) is 17.6. The fraction of sp³-hybridized carbons (Fsp3) is 0.471. The summed E-state index contributed by atoms with van der Waals surface area (Å²) in [6.07, 6.45) is 0.277. The number of esters is 1. The van der Waals surface area contributed by atoms with E-state index >= 15 is 0 Å². The van der Waals surface area contributed by atoms with Crippen LogP contribution in [0.5, 0.6) is 0 Å². The van der Waals surface area contributed by atoms with Crippen molar-refractivity contribution < 1.29 is 23.5 Å². The van der Waals surface area contributed by atoms with Gasteiger partial charge in [0.1, 0.15) is 11.4 Å². The first-order valence-electron chi connectivity index (χ1n) is 7.80. The molecule has 6 nitrogen and oxygen atoms in total. The Bertz CT molecular complexity index is 722. The number of rotatable bonds is 3. The zero-order valence-electron chi connectivity index (χ0n) is 13.7. The van der Waals surface area contributed by atoms with Gasteiger partial charge in [0.15, 0.2) is 0 Å². The molecule has 4 atom stereocenters. The first-order chi connectivity index (χ1) is 11.4. The summed E-state index contributed by atoms with van der Waals surface area (Å²) in [7, 11) is 2.65. The van der Waals surface area contributed by atoms with E-state index in [4.69, 9.17) is 4.74 Å². The highest BCUT2D eigenvalue weighted by Gasteiger charge is 2.67. The van der Waals surface area contributed by atoms with Crippen LogP contribution in [0.1, 0.15) is 24.9 Å². The highest BCUT2D eigenvalue weighted by Crippen LogP contribution is 2.49. The summed E-state index contributed by atoms with van der Waals surface area (Å²) in [5, 5.41) is 3.12. The first-order valence-corrected chi connectivity index (χ1v) is 7.80. The van der Waals surface area contributed by atoms with E-state index in [0.29, 0.717) is 5.56 Å². The van der Waals surface area contributed by atoms with E-state index in [2.05, 4.69) is 5.32 Å². The molecule has 2 aliphatic heterocycles. The number of benzene rings is 1. The van der Waals surface area contributed by atoms with Gasteiger partial charge in [-0.1, -0.05) is 19.1 Å². The van der Waals surface area contributed by atoms with Crippen LogP contribution < -0.4 is 5.32 Å². The van der Waals surface area contributed by atoms with Gasteiger partial charge in [0.25, 0.3) is 0 Å². The van der Waals surface area contributed by atoms with Gasteiger partial charge in [-0.05, 0) is 24.1 Å². The number of ether oxygens (including phenoxy) is 1. The molecule has 0 aliphatic carbocycles. The number of methoxy groups -OCH3 is 1. The maximum Gasteiger partial charge on any atom is 0.326 e. The molecule has 7 heteroatoms. The van der Waals surface area contributed by atoms with Gasteiger partial charge in [0.2, 0.25) is 11.8 Å². The minimum absolute atomic E-state index is 0.277. The minimum atomic E-state index is -1.30. The summed E-state index contributed by atoms with van der Waals surface area (Å²) in [5.41, 5.74) is -0.769. The Kier molecular flexibility index (Phi) is 3.91. The number of hydrogen-bond donors (Lipinski definition) is 1. The Morgan fingerprint density at radius 1 is 1.38 bits per heavy atom. The Labute approximate surface area is 139 Å². The van der Waals surface area contributed by atoms with E-state index in [1.165, 1.54) is 32.4 Å². The fourth-order valence-electron chi connectivity index (χ4n) is 3.97. The quantitative estimate of drug-likeness (QED) is 0.660. The normalized spacial score (nSPS) is 32.2. The average molecular weight is 334 g/mol. The number of hydrogen-bond acceptors (Lipinski definition) is 5. The number of carbonyl (C=O) groups is 3. The van der Waals surface area contributed by atoms with Crippen molar-refractivity contribution in [2.45, 2.75) is 24.9 Å². The minimum Gasteiger partial charge on any atom is -0.468 e. The molecule has 2 aliphatic rings. The van der Waals surface area contributed by atoms with Gasteiger partial charge in [0.05, 0.1) is 18.9 Å². The van der Waals surface area contributed by atoms with E-state index in [1.807, 2.05) is 0 Å². The number of nitrogens with zero attached hydrogens (tertiary/aromatic N) is 1. The molecule has 2 amide bonds. The molecular weight excluding hydrogens is 315 g/mol. The summed E-state index contributed by atoms with van der Waals surface area (Å²) < 4.78 is 18.5. The van der Waals surface area contributed by atoms with Gasteiger partial charge in [-0.2, -0.15) is 0 Å². The molecule has 2 heterocycles. The molecule has 1 aromatic carbocycles. The summed E-state index contributed by atoms with van der Waals surface area (Å²) >= 11 is 0. The Morgan fingerprint density at radius 2 is 2.08 bits per heavy atom. The van der Waals surface area contributed by atoms with Gasteiger partial charge in [0, 0.05) is 13.1 Å².